The number of nitrogens with one attached hydrogen (secondary N) is 1. The number of rotatable bonds is 5. The Bertz CT molecular complexity index is 626. The van der Waals surface area contributed by atoms with Gasteiger partial charge in [-0.1, -0.05) is 0 Å². The molecule has 0 unspecified atom stereocenters. The third kappa shape index (κ3) is 3.17. The second kappa shape index (κ2) is 6.23. The van der Waals surface area contributed by atoms with Crippen molar-refractivity contribution in [2.75, 3.05) is 24.7 Å². The second-order valence-corrected chi connectivity index (χ2v) is 4.72. The first-order chi connectivity index (χ1) is 9.61. The number of anilines is 2. The minimum absolute atomic E-state index is 0.197. The maximum absolute atomic E-state index is 11.0. The molecule has 0 spiro atoms. The van der Waals surface area contributed by atoms with Crippen LogP contribution in [0.15, 0.2) is 24.4 Å². The highest BCUT2D eigenvalue weighted by Crippen LogP contribution is 2.27. The third-order valence-corrected chi connectivity index (χ3v) is 3.13. The molecular formula is C15H19N3O2. The van der Waals surface area contributed by atoms with E-state index in [2.05, 4.69) is 21.1 Å². The van der Waals surface area contributed by atoms with Crippen LogP contribution in [0.5, 0.6) is 0 Å². The van der Waals surface area contributed by atoms with Crippen LogP contribution in [0.2, 0.25) is 0 Å². The molecule has 1 aromatic carbocycles. The quantitative estimate of drug-likeness (QED) is 0.497. The van der Waals surface area contributed by atoms with Gasteiger partial charge >= 0.3 is 5.97 Å². The van der Waals surface area contributed by atoms with Crippen LogP contribution in [0, 0.1) is 6.92 Å². The van der Waals surface area contributed by atoms with Crippen LogP contribution in [0.25, 0.3) is 10.8 Å². The van der Waals surface area contributed by atoms with Crippen molar-refractivity contribution in [2.45, 2.75) is 19.8 Å². The topological polar surface area (TPSA) is 77.2 Å². The van der Waals surface area contributed by atoms with Gasteiger partial charge < -0.3 is 15.8 Å². The Labute approximate surface area is 118 Å². The molecule has 0 bridgehead atoms. The lowest BCUT2D eigenvalue weighted by molar-refractivity contribution is -0.140. The van der Waals surface area contributed by atoms with E-state index >= 15 is 0 Å². The predicted octanol–water partition coefficient (Wildman–Crippen LogP) is 2.49. The SMILES string of the molecule is COC(=O)CCCNc1nccc2c(N)cc(C)cc12. The monoisotopic (exact) mass is 273 g/mol. The van der Waals surface area contributed by atoms with Crippen LogP contribution >= 0.6 is 0 Å². The molecule has 0 aliphatic carbocycles. The number of aromatic nitrogens is 1. The van der Waals surface area contributed by atoms with Crippen molar-refractivity contribution in [3.8, 4) is 0 Å². The number of nitrogens with two attached hydrogens (primary N) is 1. The normalized spacial score (nSPS) is 10.5. The van der Waals surface area contributed by atoms with E-state index in [4.69, 9.17) is 5.73 Å². The van der Waals surface area contributed by atoms with E-state index in [0.717, 1.165) is 27.8 Å². The van der Waals surface area contributed by atoms with Crippen LogP contribution in [-0.2, 0) is 9.53 Å². The molecule has 5 nitrogen and oxygen atoms in total. The van der Waals surface area contributed by atoms with E-state index in [1.807, 2.05) is 19.1 Å². The van der Waals surface area contributed by atoms with E-state index in [0.29, 0.717) is 19.4 Å². The van der Waals surface area contributed by atoms with E-state index in [9.17, 15) is 4.79 Å². The van der Waals surface area contributed by atoms with Crippen LogP contribution in [0.3, 0.4) is 0 Å². The van der Waals surface area contributed by atoms with Gasteiger partial charge in [-0.15, -0.1) is 0 Å². The summed E-state index contributed by atoms with van der Waals surface area (Å²) in [5.41, 5.74) is 7.87. The Balaban J connectivity index is 2.12. The minimum Gasteiger partial charge on any atom is -0.469 e. The number of esters is 1. The second-order valence-electron chi connectivity index (χ2n) is 4.72. The van der Waals surface area contributed by atoms with Crippen molar-refractivity contribution in [2.24, 2.45) is 0 Å². The number of nitrogens with zero attached hydrogens (tertiary/aromatic N) is 1. The highest BCUT2D eigenvalue weighted by Gasteiger charge is 2.06. The molecule has 1 aromatic heterocycles. The van der Waals surface area contributed by atoms with Crippen LogP contribution in [-0.4, -0.2) is 24.6 Å². The first kappa shape index (κ1) is 14.1. The third-order valence-electron chi connectivity index (χ3n) is 3.13. The van der Waals surface area contributed by atoms with Crippen LogP contribution < -0.4 is 11.1 Å². The zero-order chi connectivity index (χ0) is 14.5. The molecule has 20 heavy (non-hydrogen) atoms. The molecule has 0 amide bonds. The van der Waals surface area contributed by atoms with E-state index < -0.39 is 0 Å². The van der Waals surface area contributed by atoms with Gasteiger partial charge in [-0.25, -0.2) is 4.98 Å². The number of hydrogen-bond donors (Lipinski definition) is 2. The Hall–Kier alpha value is -2.30. The summed E-state index contributed by atoms with van der Waals surface area (Å²) >= 11 is 0. The summed E-state index contributed by atoms with van der Waals surface area (Å²) in [4.78, 5) is 15.4. The molecule has 5 heteroatoms. The summed E-state index contributed by atoms with van der Waals surface area (Å²) < 4.78 is 4.61. The van der Waals surface area contributed by atoms with Gasteiger partial charge in [0.25, 0.3) is 0 Å². The summed E-state index contributed by atoms with van der Waals surface area (Å²) in [6, 6.07) is 5.91. The first-order valence-electron chi connectivity index (χ1n) is 6.57. The highest BCUT2D eigenvalue weighted by molar-refractivity contribution is 5.99. The lowest BCUT2D eigenvalue weighted by Gasteiger charge is -2.10. The standard InChI is InChI=1S/C15H19N3O2/c1-10-8-12-11(13(16)9-10)5-7-18-15(12)17-6-3-4-14(19)20-2/h5,7-9H,3-4,6,16H2,1-2H3,(H,17,18). The molecule has 0 atom stereocenters. The van der Waals surface area contributed by atoms with E-state index in [1.54, 1.807) is 6.20 Å². The Morgan fingerprint density at radius 3 is 2.95 bits per heavy atom. The summed E-state index contributed by atoms with van der Waals surface area (Å²) in [6.45, 7) is 2.67. The van der Waals surface area contributed by atoms with Gasteiger partial charge in [0, 0.05) is 35.6 Å². The number of fused-ring (bicyclic) bond motifs is 1. The number of hydrogen-bond acceptors (Lipinski definition) is 5. The predicted molar refractivity (Wildman–Crippen MR) is 80.6 cm³/mol. The summed E-state index contributed by atoms with van der Waals surface area (Å²) in [6.07, 6.45) is 2.83. The average molecular weight is 273 g/mol. The van der Waals surface area contributed by atoms with Gasteiger partial charge in [0.1, 0.15) is 5.82 Å². The molecule has 3 N–H and O–H groups in total. The fraction of sp³-hybridized carbons (Fsp3) is 0.333. The Morgan fingerprint density at radius 1 is 1.40 bits per heavy atom. The molecular weight excluding hydrogens is 254 g/mol. The van der Waals surface area contributed by atoms with Crippen molar-refractivity contribution in [3.63, 3.8) is 0 Å². The minimum atomic E-state index is -0.197. The molecule has 106 valence electrons. The van der Waals surface area contributed by atoms with E-state index in [1.165, 1.54) is 7.11 Å². The lowest BCUT2D eigenvalue weighted by atomic mass is 10.1. The number of benzene rings is 1. The van der Waals surface area contributed by atoms with Crippen molar-refractivity contribution >= 4 is 28.2 Å². The van der Waals surface area contributed by atoms with Crippen molar-refractivity contribution < 1.29 is 9.53 Å². The van der Waals surface area contributed by atoms with Crippen LogP contribution in [0.1, 0.15) is 18.4 Å². The van der Waals surface area contributed by atoms with Crippen LogP contribution in [0.4, 0.5) is 11.5 Å². The number of aryl methyl sites for hydroxylation is 1. The fourth-order valence-electron chi connectivity index (χ4n) is 2.15. The summed E-state index contributed by atoms with van der Waals surface area (Å²) in [7, 11) is 1.40. The summed E-state index contributed by atoms with van der Waals surface area (Å²) in [5.74, 6) is 0.598. The van der Waals surface area contributed by atoms with Gasteiger partial charge in [-0.2, -0.15) is 0 Å². The van der Waals surface area contributed by atoms with Gasteiger partial charge in [0.05, 0.1) is 7.11 Å². The van der Waals surface area contributed by atoms with E-state index in [-0.39, 0.29) is 5.97 Å². The van der Waals surface area contributed by atoms with Gasteiger partial charge in [-0.3, -0.25) is 4.79 Å². The lowest BCUT2D eigenvalue weighted by Crippen LogP contribution is -2.08. The molecule has 0 fully saturated rings. The molecule has 0 saturated heterocycles. The van der Waals surface area contributed by atoms with Crippen molar-refractivity contribution in [1.29, 1.82) is 0 Å². The largest absolute Gasteiger partial charge is 0.469 e. The van der Waals surface area contributed by atoms with Gasteiger partial charge in [0.15, 0.2) is 0 Å². The number of ether oxygens (including phenoxy) is 1. The van der Waals surface area contributed by atoms with Gasteiger partial charge in [0.2, 0.25) is 0 Å². The van der Waals surface area contributed by atoms with Crippen molar-refractivity contribution in [1.82, 2.24) is 4.98 Å². The number of nitrogen functional groups attached to an aromatic ring is 1. The fourth-order valence-corrected chi connectivity index (χ4v) is 2.15. The molecule has 2 aromatic rings. The number of pyridine rings is 1. The first-order valence-corrected chi connectivity index (χ1v) is 6.57. The highest BCUT2D eigenvalue weighted by atomic mass is 16.5. The number of carbonyl (C=O) groups is 1. The smallest absolute Gasteiger partial charge is 0.305 e. The molecule has 0 radical (unpaired) electrons. The Morgan fingerprint density at radius 2 is 2.20 bits per heavy atom. The van der Waals surface area contributed by atoms with Crippen molar-refractivity contribution in [3.05, 3.63) is 30.0 Å². The molecule has 1 heterocycles. The molecule has 2 rings (SSSR count). The summed E-state index contributed by atoms with van der Waals surface area (Å²) in [5, 5.41) is 5.24. The maximum Gasteiger partial charge on any atom is 0.305 e. The average Bonchev–Trinajstić information content (AvgIpc) is 2.43. The van der Waals surface area contributed by atoms with Gasteiger partial charge in [-0.05, 0) is 37.1 Å². The molecule has 0 saturated carbocycles. The zero-order valence-electron chi connectivity index (χ0n) is 11.8. The zero-order valence-corrected chi connectivity index (χ0v) is 11.8. The molecule has 0 aliphatic heterocycles. The number of carbonyl (C=O) groups excluding carboxylic acids is 1. The molecule has 0 aliphatic rings. The maximum atomic E-state index is 11.0. The Kier molecular flexibility index (Phi) is 4.40. The number of methoxy groups -OCH3 is 1.